The van der Waals surface area contributed by atoms with Gasteiger partial charge >= 0.3 is 5.97 Å². The minimum absolute atomic E-state index is 0.00296. The topological polar surface area (TPSA) is 60.4 Å². The number of esters is 1. The Morgan fingerprint density at radius 2 is 1.97 bits per heavy atom. The number of halogens is 1. The average Bonchev–Trinajstić information content (AvgIpc) is 3.05. The number of rotatable bonds is 5. The molecule has 0 N–H and O–H groups in total. The van der Waals surface area contributed by atoms with Crippen LogP contribution in [0, 0.1) is 28.6 Å². The van der Waals surface area contributed by atoms with E-state index in [9.17, 15) is 14.4 Å². The van der Waals surface area contributed by atoms with Crippen LogP contribution in [0.15, 0.2) is 35.5 Å². The summed E-state index contributed by atoms with van der Waals surface area (Å²) in [4.78, 5) is 36.3. The van der Waals surface area contributed by atoms with Crippen LogP contribution in [0.1, 0.15) is 66.2 Å². The maximum absolute atomic E-state index is 13.0. The molecule has 31 heavy (non-hydrogen) atoms. The van der Waals surface area contributed by atoms with E-state index >= 15 is 0 Å². The molecule has 5 heteroatoms. The van der Waals surface area contributed by atoms with Gasteiger partial charge in [0.05, 0.1) is 4.87 Å². The molecule has 0 aromatic rings. The summed E-state index contributed by atoms with van der Waals surface area (Å²) in [6.07, 6.45) is 12.2. The summed E-state index contributed by atoms with van der Waals surface area (Å²) in [6, 6.07) is 0. The second-order valence-electron chi connectivity index (χ2n) is 10.5. The van der Waals surface area contributed by atoms with Crippen molar-refractivity contribution in [1.29, 1.82) is 0 Å². The van der Waals surface area contributed by atoms with Gasteiger partial charge in [-0.3, -0.25) is 14.4 Å². The Kier molecular flexibility index (Phi) is 5.61. The molecule has 4 rings (SSSR count). The van der Waals surface area contributed by atoms with Crippen LogP contribution in [-0.4, -0.2) is 29.0 Å². The van der Waals surface area contributed by atoms with E-state index in [4.69, 9.17) is 16.3 Å². The fourth-order valence-electron chi connectivity index (χ4n) is 6.97. The molecule has 0 radical (unpaired) electrons. The first-order valence-electron chi connectivity index (χ1n) is 11.6. The number of carbonyl (C=O) groups is 3. The number of ketones is 2. The zero-order chi connectivity index (χ0) is 22.6. The van der Waals surface area contributed by atoms with Crippen molar-refractivity contribution >= 4 is 29.1 Å². The minimum atomic E-state index is -0.590. The summed E-state index contributed by atoms with van der Waals surface area (Å²) < 4.78 is 5.24. The number of hydrogen-bond acceptors (Lipinski definition) is 4. The van der Waals surface area contributed by atoms with Crippen molar-refractivity contribution in [2.75, 3.05) is 6.61 Å². The third-order valence-corrected chi connectivity index (χ3v) is 8.82. The van der Waals surface area contributed by atoms with E-state index in [1.54, 1.807) is 12.2 Å². The van der Waals surface area contributed by atoms with E-state index in [0.29, 0.717) is 12.3 Å². The standard InChI is InChI=1S/C26H33ClO4/c1-5-6-23(30)31-15-21(29)20-8-7-18-17-14-26(4,27)22-13-16(28)9-11-25(22,3)19(17)10-12-24(18,20)2/h9-11,13,17-18,20H,5-8,12,14-15H2,1-4H3/t17-,18-,20+,24-,25+,26-/m0/s1. The van der Waals surface area contributed by atoms with Gasteiger partial charge in [-0.25, -0.2) is 0 Å². The Bertz CT molecular complexity index is 910. The highest BCUT2D eigenvalue weighted by molar-refractivity contribution is 6.26. The molecular formula is C26H33ClO4. The van der Waals surface area contributed by atoms with Gasteiger partial charge in [0.25, 0.3) is 0 Å². The number of carbonyl (C=O) groups excluding carboxylic acids is 3. The molecule has 0 heterocycles. The van der Waals surface area contributed by atoms with E-state index in [1.807, 2.05) is 19.9 Å². The fourth-order valence-corrected chi connectivity index (χ4v) is 7.39. The highest BCUT2D eigenvalue weighted by Crippen LogP contribution is 2.66. The minimum Gasteiger partial charge on any atom is -0.458 e. The largest absolute Gasteiger partial charge is 0.458 e. The van der Waals surface area contributed by atoms with Crippen molar-refractivity contribution in [2.45, 2.75) is 71.1 Å². The van der Waals surface area contributed by atoms with E-state index in [1.165, 1.54) is 5.57 Å². The summed E-state index contributed by atoms with van der Waals surface area (Å²) in [5, 5.41) is 0. The quantitative estimate of drug-likeness (QED) is 0.325. The van der Waals surface area contributed by atoms with Gasteiger partial charge in [-0.05, 0) is 80.9 Å². The van der Waals surface area contributed by atoms with Crippen molar-refractivity contribution in [3.8, 4) is 0 Å². The van der Waals surface area contributed by atoms with Gasteiger partial charge in [-0.2, -0.15) is 0 Å². The van der Waals surface area contributed by atoms with Gasteiger partial charge in [-0.1, -0.05) is 31.6 Å². The number of Topliss-reactive ketones (excluding diaryl/α,β-unsaturated/α-hetero) is 1. The second kappa shape index (κ2) is 7.72. The molecule has 0 aliphatic heterocycles. The normalized spacial score (nSPS) is 40.9. The van der Waals surface area contributed by atoms with Gasteiger partial charge < -0.3 is 4.74 Å². The second-order valence-corrected chi connectivity index (χ2v) is 11.3. The van der Waals surface area contributed by atoms with Crippen molar-refractivity contribution in [2.24, 2.45) is 28.6 Å². The SMILES string of the molecule is CCCC(=O)OCC(=O)[C@H]1CC[C@H]2[C@@H]3C[C@](C)(Cl)C4=CC(=O)C=C[C@]4(C)C3=CC[C@]12C. The number of allylic oxidation sites excluding steroid dienone is 6. The third-order valence-electron chi connectivity index (χ3n) is 8.47. The van der Waals surface area contributed by atoms with Gasteiger partial charge in [-0.15, -0.1) is 11.6 Å². The summed E-state index contributed by atoms with van der Waals surface area (Å²) >= 11 is 7.06. The van der Waals surface area contributed by atoms with Crippen molar-refractivity contribution in [3.05, 3.63) is 35.5 Å². The van der Waals surface area contributed by atoms with Gasteiger partial charge in [0.2, 0.25) is 0 Å². The molecule has 0 aromatic carbocycles. The molecule has 0 amide bonds. The fraction of sp³-hybridized carbons (Fsp3) is 0.654. The molecule has 4 aliphatic rings. The van der Waals surface area contributed by atoms with Crippen LogP contribution in [0.5, 0.6) is 0 Å². The van der Waals surface area contributed by atoms with Crippen LogP contribution in [0.25, 0.3) is 0 Å². The van der Waals surface area contributed by atoms with E-state index < -0.39 is 4.87 Å². The van der Waals surface area contributed by atoms with Gasteiger partial charge in [0, 0.05) is 17.8 Å². The Morgan fingerprint density at radius 1 is 1.23 bits per heavy atom. The third kappa shape index (κ3) is 3.55. The summed E-state index contributed by atoms with van der Waals surface area (Å²) in [5.41, 5.74) is 1.85. The van der Waals surface area contributed by atoms with E-state index in [0.717, 1.165) is 37.7 Å². The zero-order valence-electron chi connectivity index (χ0n) is 19.0. The van der Waals surface area contributed by atoms with Crippen LogP contribution < -0.4 is 0 Å². The average molecular weight is 445 g/mol. The molecule has 0 unspecified atom stereocenters. The summed E-state index contributed by atoms with van der Waals surface area (Å²) in [5.74, 6) is 0.294. The number of alkyl halides is 1. The first-order chi connectivity index (χ1) is 14.5. The molecule has 2 fully saturated rings. The predicted octanol–water partition coefficient (Wildman–Crippen LogP) is 5.35. The van der Waals surface area contributed by atoms with Crippen LogP contribution in [0.3, 0.4) is 0 Å². The molecule has 0 aromatic heterocycles. The highest BCUT2D eigenvalue weighted by Gasteiger charge is 2.60. The number of fused-ring (bicyclic) bond motifs is 5. The van der Waals surface area contributed by atoms with Gasteiger partial charge in [0.1, 0.15) is 6.61 Å². The van der Waals surface area contributed by atoms with Crippen LogP contribution in [0.4, 0.5) is 0 Å². The molecule has 0 spiro atoms. The molecule has 4 aliphatic carbocycles. The van der Waals surface area contributed by atoms with E-state index in [2.05, 4.69) is 19.9 Å². The molecule has 0 saturated heterocycles. The van der Waals surface area contributed by atoms with Crippen LogP contribution in [-0.2, 0) is 19.1 Å². The number of ether oxygens (including phenoxy) is 1. The molecule has 6 atom stereocenters. The van der Waals surface area contributed by atoms with Crippen molar-refractivity contribution < 1.29 is 19.1 Å². The lowest BCUT2D eigenvalue weighted by Gasteiger charge is -2.56. The maximum Gasteiger partial charge on any atom is 0.306 e. The molecule has 4 nitrogen and oxygen atoms in total. The predicted molar refractivity (Wildman–Crippen MR) is 121 cm³/mol. The monoisotopic (exact) mass is 444 g/mol. The molecule has 2 saturated carbocycles. The van der Waals surface area contributed by atoms with Gasteiger partial charge in [0.15, 0.2) is 11.6 Å². The Balaban J connectivity index is 1.61. The number of hydrogen-bond donors (Lipinski definition) is 0. The Hall–Kier alpha value is -1.68. The highest BCUT2D eigenvalue weighted by atomic mass is 35.5. The summed E-state index contributed by atoms with van der Waals surface area (Å²) in [6.45, 7) is 8.24. The first kappa shape index (κ1) is 22.5. The smallest absolute Gasteiger partial charge is 0.306 e. The molecular weight excluding hydrogens is 412 g/mol. The summed E-state index contributed by atoms with van der Waals surface area (Å²) in [7, 11) is 0. The lowest BCUT2D eigenvalue weighted by Crippen LogP contribution is -2.50. The lowest BCUT2D eigenvalue weighted by atomic mass is 9.50. The Morgan fingerprint density at radius 3 is 2.68 bits per heavy atom. The van der Waals surface area contributed by atoms with Crippen LogP contribution in [0.2, 0.25) is 0 Å². The van der Waals surface area contributed by atoms with E-state index in [-0.39, 0.29) is 46.8 Å². The Labute approximate surface area is 190 Å². The maximum atomic E-state index is 13.0. The van der Waals surface area contributed by atoms with Crippen LogP contribution >= 0.6 is 11.6 Å². The zero-order valence-corrected chi connectivity index (χ0v) is 19.8. The van der Waals surface area contributed by atoms with Crippen molar-refractivity contribution in [1.82, 2.24) is 0 Å². The molecule has 0 bridgehead atoms. The molecule has 168 valence electrons. The van der Waals surface area contributed by atoms with Crippen molar-refractivity contribution in [3.63, 3.8) is 0 Å². The first-order valence-corrected chi connectivity index (χ1v) is 11.9. The lowest BCUT2D eigenvalue weighted by molar-refractivity contribution is -0.150.